The number of hydrogen-bond donors (Lipinski definition) is 1. The zero-order chi connectivity index (χ0) is 18.0. The van der Waals surface area contributed by atoms with Gasteiger partial charge in [-0.3, -0.25) is 20.2 Å². The summed E-state index contributed by atoms with van der Waals surface area (Å²) in [5, 5.41) is 43.1. The molecular weight excluding hydrogens is 352 g/mol. The Morgan fingerprint density at radius 1 is 1.04 bits per heavy atom. The first-order valence-corrected chi connectivity index (χ1v) is 7.46. The highest BCUT2D eigenvalue weighted by Crippen LogP contribution is 2.41. The topological polar surface area (TPSA) is 150 Å². The number of phenols is 1. The Morgan fingerprint density at radius 3 is 2.20 bits per heavy atom. The van der Waals surface area contributed by atoms with Crippen LogP contribution in [0.15, 0.2) is 52.5 Å². The quantitative estimate of drug-likeness (QED) is 0.534. The summed E-state index contributed by atoms with van der Waals surface area (Å²) in [5.74, 6) is -0.998. The molecule has 0 aliphatic carbocycles. The average Bonchev–Trinajstić information content (AvgIpc) is 3.04. The van der Waals surface area contributed by atoms with Crippen LogP contribution in [0.4, 0.5) is 11.4 Å². The Balaban J connectivity index is 2.04. The molecule has 0 atom stereocenters. The van der Waals surface area contributed by atoms with E-state index in [9.17, 15) is 25.3 Å². The minimum absolute atomic E-state index is 0.142. The number of aromatic nitrogens is 4. The number of nitro benzene ring substituents is 2. The van der Waals surface area contributed by atoms with Crippen molar-refractivity contribution in [3.63, 3.8) is 0 Å². The largest absolute Gasteiger partial charge is 0.497 e. The normalized spacial score (nSPS) is 10.6. The van der Waals surface area contributed by atoms with Crippen molar-refractivity contribution >= 4 is 23.1 Å². The fourth-order valence-corrected chi connectivity index (χ4v) is 2.85. The first-order valence-electron chi connectivity index (χ1n) is 6.65. The molecule has 12 heteroatoms. The number of para-hydroxylation sites is 1. The lowest BCUT2D eigenvalue weighted by Crippen LogP contribution is -1.99. The summed E-state index contributed by atoms with van der Waals surface area (Å²) in [7, 11) is 0. The van der Waals surface area contributed by atoms with E-state index in [2.05, 4.69) is 15.5 Å². The SMILES string of the molecule is O=[N+]([O-])c1cc(Sc2nnnn2-c2ccccc2)cc([N+](=O)[O-])c1O. The van der Waals surface area contributed by atoms with Crippen molar-refractivity contribution in [2.24, 2.45) is 0 Å². The Labute approximate surface area is 143 Å². The summed E-state index contributed by atoms with van der Waals surface area (Å²) in [6.07, 6.45) is 0. The van der Waals surface area contributed by atoms with Crippen molar-refractivity contribution in [3.8, 4) is 11.4 Å². The van der Waals surface area contributed by atoms with Crippen molar-refractivity contribution in [1.29, 1.82) is 0 Å². The van der Waals surface area contributed by atoms with Crippen LogP contribution in [-0.2, 0) is 0 Å². The number of hydrogen-bond acceptors (Lipinski definition) is 9. The van der Waals surface area contributed by atoms with Crippen molar-refractivity contribution in [2.45, 2.75) is 10.1 Å². The van der Waals surface area contributed by atoms with Crippen LogP contribution in [0.2, 0.25) is 0 Å². The van der Waals surface area contributed by atoms with Crippen LogP contribution in [0, 0.1) is 20.2 Å². The zero-order valence-electron chi connectivity index (χ0n) is 12.2. The lowest BCUT2D eigenvalue weighted by molar-refractivity contribution is -0.396. The smallest absolute Gasteiger partial charge is 0.319 e. The molecule has 0 bridgehead atoms. The summed E-state index contributed by atoms with van der Waals surface area (Å²) in [5.41, 5.74) is -0.886. The summed E-state index contributed by atoms with van der Waals surface area (Å²) in [6.45, 7) is 0. The molecule has 0 radical (unpaired) electrons. The molecule has 11 nitrogen and oxygen atoms in total. The molecule has 3 aromatic rings. The third kappa shape index (κ3) is 3.23. The predicted octanol–water partition coefficient (Wildman–Crippen LogP) is 2.34. The molecule has 2 aromatic carbocycles. The molecule has 1 heterocycles. The van der Waals surface area contributed by atoms with Gasteiger partial charge in [-0.25, -0.2) is 0 Å². The summed E-state index contributed by atoms with van der Waals surface area (Å²) in [6, 6.07) is 10.9. The lowest BCUT2D eigenvalue weighted by Gasteiger charge is -2.05. The van der Waals surface area contributed by atoms with Gasteiger partial charge in [0.15, 0.2) is 0 Å². The van der Waals surface area contributed by atoms with Crippen molar-refractivity contribution < 1.29 is 15.0 Å². The fourth-order valence-electron chi connectivity index (χ4n) is 2.00. The maximum atomic E-state index is 11.0. The molecular formula is C13H8N6O5S. The van der Waals surface area contributed by atoms with E-state index in [-0.39, 0.29) is 10.1 Å². The highest BCUT2D eigenvalue weighted by Gasteiger charge is 2.27. The van der Waals surface area contributed by atoms with E-state index < -0.39 is 27.0 Å². The fraction of sp³-hybridized carbons (Fsp3) is 0. The number of aromatic hydroxyl groups is 1. The second-order valence-electron chi connectivity index (χ2n) is 4.64. The van der Waals surface area contributed by atoms with Gasteiger partial charge in [0, 0.05) is 17.0 Å². The maximum Gasteiger partial charge on any atom is 0.319 e. The van der Waals surface area contributed by atoms with Gasteiger partial charge >= 0.3 is 11.4 Å². The number of benzene rings is 2. The Morgan fingerprint density at radius 2 is 1.64 bits per heavy atom. The van der Waals surface area contributed by atoms with Crippen LogP contribution >= 0.6 is 11.8 Å². The van der Waals surface area contributed by atoms with E-state index in [0.29, 0.717) is 5.69 Å². The van der Waals surface area contributed by atoms with Gasteiger partial charge in [0.1, 0.15) is 0 Å². The number of rotatable bonds is 5. The number of nitro groups is 2. The van der Waals surface area contributed by atoms with E-state index in [4.69, 9.17) is 0 Å². The minimum atomic E-state index is -0.998. The summed E-state index contributed by atoms with van der Waals surface area (Å²) < 4.78 is 1.38. The molecule has 0 unspecified atom stereocenters. The number of tetrazole rings is 1. The standard InChI is InChI=1S/C13H8N6O5S/c20-12-10(18(21)22)6-9(7-11(12)19(23)24)25-13-14-15-16-17(13)8-4-2-1-3-5-8/h1-7,20H. The first kappa shape index (κ1) is 16.3. The molecule has 1 N–H and O–H groups in total. The van der Waals surface area contributed by atoms with Crippen molar-refractivity contribution in [1.82, 2.24) is 20.2 Å². The third-order valence-electron chi connectivity index (χ3n) is 3.09. The molecule has 25 heavy (non-hydrogen) atoms. The van der Waals surface area contributed by atoms with Gasteiger partial charge in [-0.05, 0) is 34.3 Å². The summed E-state index contributed by atoms with van der Waals surface area (Å²) in [4.78, 5) is 20.4. The molecule has 0 saturated heterocycles. The lowest BCUT2D eigenvalue weighted by atomic mass is 10.2. The van der Waals surface area contributed by atoms with Gasteiger partial charge in [-0.2, -0.15) is 4.68 Å². The summed E-state index contributed by atoms with van der Waals surface area (Å²) >= 11 is 0.894. The highest BCUT2D eigenvalue weighted by molar-refractivity contribution is 7.99. The molecule has 3 rings (SSSR count). The molecule has 0 spiro atoms. The number of nitrogens with zero attached hydrogens (tertiary/aromatic N) is 6. The van der Waals surface area contributed by atoms with Gasteiger partial charge in [-0.1, -0.05) is 18.2 Å². The predicted molar refractivity (Wildman–Crippen MR) is 84.7 cm³/mol. The van der Waals surface area contributed by atoms with Crippen molar-refractivity contribution in [2.75, 3.05) is 0 Å². The van der Waals surface area contributed by atoms with Crippen LogP contribution in [0.3, 0.4) is 0 Å². The Hall–Kier alpha value is -3.54. The van der Waals surface area contributed by atoms with E-state index >= 15 is 0 Å². The van der Waals surface area contributed by atoms with Crippen molar-refractivity contribution in [3.05, 3.63) is 62.7 Å². The van der Waals surface area contributed by atoms with Crippen LogP contribution in [0.1, 0.15) is 0 Å². The molecule has 0 aliphatic rings. The molecule has 0 amide bonds. The number of phenolic OH excluding ortho intramolecular Hbond substituents is 1. The van der Waals surface area contributed by atoms with Gasteiger partial charge in [-0.15, -0.1) is 5.10 Å². The Kier molecular flexibility index (Phi) is 4.26. The molecule has 126 valence electrons. The Bertz CT molecular complexity index is 926. The van der Waals surface area contributed by atoms with Crippen LogP contribution in [0.25, 0.3) is 5.69 Å². The minimum Gasteiger partial charge on any atom is -0.497 e. The maximum absolute atomic E-state index is 11.0. The van der Waals surface area contributed by atoms with Crippen LogP contribution < -0.4 is 0 Å². The van der Waals surface area contributed by atoms with E-state index in [0.717, 1.165) is 23.9 Å². The third-order valence-corrected chi connectivity index (χ3v) is 4.00. The zero-order valence-corrected chi connectivity index (χ0v) is 13.0. The monoisotopic (exact) mass is 360 g/mol. The second kappa shape index (κ2) is 6.52. The van der Waals surface area contributed by atoms with Gasteiger partial charge in [0.25, 0.3) is 5.75 Å². The molecule has 0 aliphatic heterocycles. The molecule has 0 saturated carbocycles. The van der Waals surface area contributed by atoms with E-state index in [1.807, 2.05) is 6.07 Å². The van der Waals surface area contributed by atoms with Crippen LogP contribution in [-0.4, -0.2) is 35.2 Å². The van der Waals surface area contributed by atoms with Gasteiger partial charge < -0.3 is 5.11 Å². The highest BCUT2D eigenvalue weighted by atomic mass is 32.2. The van der Waals surface area contributed by atoms with E-state index in [1.54, 1.807) is 24.3 Å². The molecule has 1 aromatic heterocycles. The van der Waals surface area contributed by atoms with Gasteiger partial charge in [0.2, 0.25) is 5.16 Å². The van der Waals surface area contributed by atoms with Crippen LogP contribution in [0.5, 0.6) is 5.75 Å². The van der Waals surface area contributed by atoms with E-state index in [1.165, 1.54) is 4.68 Å². The average molecular weight is 360 g/mol. The van der Waals surface area contributed by atoms with Gasteiger partial charge in [0.05, 0.1) is 15.5 Å². The molecule has 0 fully saturated rings. The first-order chi connectivity index (χ1) is 12.0. The second-order valence-corrected chi connectivity index (χ2v) is 5.68.